The van der Waals surface area contributed by atoms with E-state index >= 15 is 0 Å². The van der Waals surface area contributed by atoms with Gasteiger partial charge in [0.2, 0.25) is 0 Å². The number of nitro groups is 1. The van der Waals surface area contributed by atoms with Gasteiger partial charge in [-0.15, -0.1) is 0 Å². The van der Waals surface area contributed by atoms with E-state index in [9.17, 15) is 10.1 Å². The van der Waals surface area contributed by atoms with Crippen LogP contribution in [0.4, 0.5) is 0 Å². The van der Waals surface area contributed by atoms with Crippen molar-refractivity contribution >= 4 is 0 Å². The van der Waals surface area contributed by atoms with Crippen LogP contribution in [-0.4, -0.2) is 42.7 Å². The van der Waals surface area contributed by atoms with Crippen molar-refractivity contribution in [1.82, 2.24) is 0 Å². The highest BCUT2D eigenvalue weighted by Gasteiger charge is 2.76. The number of methoxy groups -OCH3 is 1. The molecule has 2 bridgehead atoms. The predicted octanol–water partition coefficient (Wildman–Crippen LogP) is 2.31. The van der Waals surface area contributed by atoms with E-state index in [0.717, 1.165) is 12.0 Å². The molecule has 1 aromatic carbocycles. The third kappa shape index (κ3) is 2.02. The quantitative estimate of drug-likeness (QED) is 0.468. The molecular weight excluding hydrogens is 338 g/mol. The average molecular weight is 359 g/mol. The number of fused-ring (bicyclic) bond motifs is 7. The lowest BCUT2D eigenvalue weighted by Gasteiger charge is -2.51. The number of hydrogen-bond donors (Lipinski definition) is 0. The molecule has 0 radical (unpaired) electrons. The Morgan fingerprint density at radius 3 is 2.77 bits per heavy atom. The Bertz CT molecular complexity index is 739. The summed E-state index contributed by atoms with van der Waals surface area (Å²) in [6.07, 6.45) is 2.36. The second-order valence-electron chi connectivity index (χ2n) is 7.47. The zero-order valence-electron chi connectivity index (χ0n) is 14.4. The van der Waals surface area contributed by atoms with Crippen LogP contribution in [-0.2, 0) is 18.9 Å². The maximum Gasteiger partial charge on any atom is 0.264 e. The zero-order chi connectivity index (χ0) is 17.9. The van der Waals surface area contributed by atoms with E-state index in [4.69, 9.17) is 18.9 Å². The Balaban J connectivity index is 1.56. The van der Waals surface area contributed by atoms with Gasteiger partial charge in [0.1, 0.15) is 6.10 Å². The summed E-state index contributed by atoms with van der Waals surface area (Å²) < 4.78 is 23.6. The Kier molecular flexibility index (Phi) is 3.69. The number of rotatable bonds is 3. The number of allylic oxidation sites excluding steroid dienone is 1. The molecule has 138 valence electrons. The molecule has 1 saturated carbocycles. The first-order valence-electron chi connectivity index (χ1n) is 8.99. The fourth-order valence-corrected chi connectivity index (χ4v) is 5.40. The van der Waals surface area contributed by atoms with E-state index in [-0.39, 0.29) is 29.3 Å². The molecule has 0 unspecified atom stereocenters. The first-order valence-corrected chi connectivity index (χ1v) is 8.99. The summed E-state index contributed by atoms with van der Waals surface area (Å²) in [7, 11) is 1.54. The minimum atomic E-state index is -1.24. The fraction of sp³-hybridized carbons (Fsp3) is 0.579. The zero-order valence-corrected chi connectivity index (χ0v) is 14.4. The van der Waals surface area contributed by atoms with Crippen LogP contribution in [0.15, 0.2) is 42.5 Å². The molecular formula is C19H21NO6. The van der Waals surface area contributed by atoms with Gasteiger partial charge in [-0.05, 0) is 12.3 Å². The van der Waals surface area contributed by atoms with E-state index in [1.807, 2.05) is 36.4 Å². The van der Waals surface area contributed by atoms with Crippen molar-refractivity contribution in [2.45, 2.75) is 36.7 Å². The number of hydrogen-bond acceptors (Lipinski definition) is 6. The van der Waals surface area contributed by atoms with Crippen molar-refractivity contribution in [3.05, 3.63) is 58.2 Å². The fourth-order valence-electron chi connectivity index (χ4n) is 5.40. The van der Waals surface area contributed by atoms with Gasteiger partial charge in [-0.25, -0.2) is 0 Å². The lowest BCUT2D eigenvalue weighted by molar-refractivity contribution is -0.623. The van der Waals surface area contributed by atoms with E-state index in [0.29, 0.717) is 0 Å². The Morgan fingerprint density at radius 2 is 2.04 bits per heavy atom. The van der Waals surface area contributed by atoms with Crippen molar-refractivity contribution < 1.29 is 23.9 Å². The van der Waals surface area contributed by atoms with Gasteiger partial charge in [0.05, 0.1) is 18.4 Å². The first-order chi connectivity index (χ1) is 12.7. The SMILES string of the molecule is CO[C@H]1O[C@@H]2CO[C@@H](c3ccccc3)O[C@H]2[C@]2([N+](=O)[O-])[C@H]1[C@H]1C=C[C@@H]2C1. The molecule has 0 aromatic heterocycles. The number of nitrogens with zero attached hydrogens (tertiary/aromatic N) is 1. The van der Waals surface area contributed by atoms with Gasteiger partial charge < -0.3 is 18.9 Å². The van der Waals surface area contributed by atoms with Crippen LogP contribution >= 0.6 is 0 Å². The van der Waals surface area contributed by atoms with E-state index < -0.39 is 30.3 Å². The van der Waals surface area contributed by atoms with Gasteiger partial charge >= 0.3 is 0 Å². The van der Waals surface area contributed by atoms with Crippen molar-refractivity contribution in [3.8, 4) is 0 Å². The summed E-state index contributed by atoms with van der Waals surface area (Å²) in [4.78, 5) is 12.3. The first kappa shape index (κ1) is 16.4. The molecule has 8 atom stereocenters. The summed E-state index contributed by atoms with van der Waals surface area (Å²) in [6.45, 7) is 0.244. The minimum Gasteiger partial charge on any atom is -0.355 e. The molecule has 2 aliphatic carbocycles. The van der Waals surface area contributed by atoms with Gasteiger partial charge in [0.25, 0.3) is 5.54 Å². The van der Waals surface area contributed by atoms with Crippen LogP contribution in [0.2, 0.25) is 0 Å². The predicted molar refractivity (Wildman–Crippen MR) is 89.6 cm³/mol. The average Bonchev–Trinajstić information content (AvgIpc) is 3.28. The molecule has 0 spiro atoms. The molecule has 7 heteroatoms. The van der Waals surface area contributed by atoms with Gasteiger partial charge in [-0.1, -0.05) is 42.5 Å². The molecule has 7 nitrogen and oxygen atoms in total. The standard InChI is InChI=1S/C19H21NO6/c1-23-18-15-12-7-8-13(9-12)19(15,20(21)22)16-14(25-18)10-24-17(26-16)11-5-3-2-4-6-11/h2-8,12-18H,9-10H2,1H3/t12-,13+,14+,15-,16+,17+,18-,19+/m0/s1. The second kappa shape index (κ2) is 5.85. The maximum atomic E-state index is 12.4. The molecule has 26 heavy (non-hydrogen) atoms. The smallest absolute Gasteiger partial charge is 0.264 e. The highest BCUT2D eigenvalue weighted by Crippen LogP contribution is 2.60. The lowest BCUT2D eigenvalue weighted by Crippen LogP contribution is -2.71. The highest BCUT2D eigenvalue weighted by atomic mass is 16.7. The van der Waals surface area contributed by atoms with E-state index in [1.54, 1.807) is 7.11 Å². The van der Waals surface area contributed by atoms with Gasteiger partial charge in [0.15, 0.2) is 18.7 Å². The molecule has 4 aliphatic rings. The molecule has 2 aliphatic heterocycles. The van der Waals surface area contributed by atoms with Crippen LogP contribution < -0.4 is 0 Å². The van der Waals surface area contributed by atoms with Crippen LogP contribution in [0.1, 0.15) is 18.3 Å². The summed E-state index contributed by atoms with van der Waals surface area (Å²) in [5, 5.41) is 12.4. The molecule has 2 saturated heterocycles. The van der Waals surface area contributed by atoms with Crippen molar-refractivity contribution in [2.75, 3.05) is 13.7 Å². The van der Waals surface area contributed by atoms with Gasteiger partial charge in [-0.3, -0.25) is 10.1 Å². The molecule has 3 fully saturated rings. The summed E-state index contributed by atoms with van der Waals surface area (Å²) in [6, 6.07) is 9.53. The third-order valence-electron chi connectivity index (χ3n) is 6.40. The Hall–Kier alpha value is -1.80. The second-order valence-corrected chi connectivity index (χ2v) is 7.47. The van der Waals surface area contributed by atoms with Crippen molar-refractivity contribution in [1.29, 1.82) is 0 Å². The molecule has 0 amide bonds. The topological polar surface area (TPSA) is 80.1 Å². The van der Waals surface area contributed by atoms with Gasteiger partial charge in [0, 0.05) is 17.6 Å². The molecule has 5 rings (SSSR count). The number of benzene rings is 1. The normalized spacial score (nSPS) is 46.0. The van der Waals surface area contributed by atoms with Crippen molar-refractivity contribution in [2.24, 2.45) is 17.8 Å². The lowest BCUT2D eigenvalue weighted by atomic mass is 9.68. The minimum absolute atomic E-state index is 0.0814. The van der Waals surface area contributed by atoms with Crippen LogP contribution in [0.25, 0.3) is 0 Å². The molecule has 0 N–H and O–H groups in total. The van der Waals surface area contributed by atoms with Gasteiger partial charge in [-0.2, -0.15) is 0 Å². The van der Waals surface area contributed by atoms with Crippen LogP contribution in [0, 0.1) is 27.9 Å². The monoisotopic (exact) mass is 359 g/mol. The van der Waals surface area contributed by atoms with Crippen LogP contribution in [0.5, 0.6) is 0 Å². The third-order valence-corrected chi connectivity index (χ3v) is 6.40. The summed E-state index contributed by atoms with van der Waals surface area (Å²) in [5.74, 6) is -0.442. The maximum absolute atomic E-state index is 12.4. The summed E-state index contributed by atoms with van der Waals surface area (Å²) >= 11 is 0. The molecule has 2 heterocycles. The van der Waals surface area contributed by atoms with Crippen LogP contribution in [0.3, 0.4) is 0 Å². The Labute approximate surface area is 151 Å². The largest absolute Gasteiger partial charge is 0.355 e. The number of ether oxygens (including phenoxy) is 4. The highest BCUT2D eigenvalue weighted by molar-refractivity contribution is 5.26. The van der Waals surface area contributed by atoms with E-state index in [2.05, 4.69) is 6.08 Å². The molecule has 1 aromatic rings. The Morgan fingerprint density at radius 1 is 1.23 bits per heavy atom. The summed E-state index contributed by atoms with van der Waals surface area (Å²) in [5.41, 5.74) is -0.381. The van der Waals surface area contributed by atoms with E-state index in [1.165, 1.54) is 0 Å². The van der Waals surface area contributed by atoms with Crippen molar-refractivity contribution in [3.63, 3.8) is 0 Å².